The van der Waals surface area contributed by atoms with Crippen molar-refractivity contribution in [3.8, 4) is 0 Å². The molecule has 2 radical (unpaired) electrons. The van der Waals surface area contributed by atoms with Crippen LogP contribution < -0.4 is 0 Å². The van der Waals surface area contributed by atoms with Crippen molar-refractivity contribution in [2.75, 3.05) is 0 Å². The standard InChI is InChI=1S/C11H17NO3.C10H15NO6S.C10H15NO3.CH4.BHPS.H2P2S/c1-8(2)4-7-11(14)15-12-9(3)5-6-10(12)13;1-3-4-8(18(14,15)16)10(13)17-11-7(2)5-6-9(11)12;1-3-4-5-10(13)14-11-8(2)6-7-9(11)12;;2*1-2-3/h8H,3-7H2,1-2H3;8H,2-6H2,1H3,(H,14,15,16);2-7H2,1H3;1H4;2H;1H2/q;;;;+1;/i;;;;2D;. The first-order chi connectivity index (χ1) is 25.1. The van der Waals surface area contributed by atoms with Crippen LogP contribution in [0.3, 0.4) is 0 Å². The number of carbonyl (C=O) groups is 6. The van der Waals surface area contributed by atoms with Crippen LogP contribution in [0.2, 0.25) is 0 Å². The van der Waals surface area contributed by atoms with E-state index in [1.54, 1.807) is 6.92 Å². The summed E-state index contributed by atoms with van der Waals surface area (Å²) in [5, 5.41) is 1.07. The molecular formula is C32H54BN3O12P3S3+. The minimum Gasteiger partial charge on any atom is -0.334 e. The Balaban J connectivity index is -0.000000676. The van der Waals surface area contributed by atoms with Crippen molar-refractivity contribution in [2.24, 2.45) is 5.92 Å². The third kappa shape index (κ3) is 23.4. The molecule has 54 heavy (non-hydrogen) atoms. The molecule has 3 atom stereocenters. The largest absolute Gasteiger partial charge is 0.456 e. The SMILES string of the molecule is C.C=C1CCC(=O)N1OC(=O)C(CCC)S(=O)(=O)O.C=C1CCC(=O)N1OC(=O)CCC(C)C.C=C1CCC(=O)N1OC(=O)CCCC.PP=S.[2H][P+]([B])=S. The zero-order chi connectivity index (χ0) is 42.2. The minimum atomic E-state index is -4.55. The zero-order valence-electron chi connectivity index (χ0n) is 31.5. The summed E-state index contributed by atoms with van der Waals surface area (Å²) in [5.74, 6) is -2.26. The van der Waals surface area contributed by atoms with Crippen LogP contribution >= 0.6 is 23.2 Å². The van der Waals surface area contributed by atoms with Crippen LogP contribution in [0.5, 0.6) is 0 Å². The van der Waals surface area contributed by atoms with E-state index in [1.165, 1.54) is 0 Å². The number of hydrogen-bond acceptors (Lipinski definition) is 13. The molecule has 15 nitrogen and oxygen atoms in total. The molecule has 0 saturated carbocycles. The number of carbonyl (C=O) groups excluding carboxylic acids is 6. The summed E-state index contributed by atoms with van der Waals surface area (Å²) in [4.78, 5) is 82.4. The Morgan fingerprint density at radius 1 is 0.870 bits per heavy atom. The molecule has 3 aliphatic rings. The van der Waals surface area contributed by atoms with Gasteiger partial charge in [0.25, 0.3) is 27.8 Å². The van der Waals surface area contributed by atoms with Crippen LogP contribution in [0.15, 0.2) is 36.8 Å². The number of amides is 3. The highest BCUT2D eigenvalue weighted by molar-refractivity contribution is 8.24. The molecule has 0 aliphatic carbocycles. The molecule has 0 aromatic heterocycles. The van der Waals surface area contributed by atoms with Gasteiger partial charge in [-0.25, -0.2) is 14.4 Å². The van der Waals surface area contributed by atoms with Crippen molar-refractivity contribution in [1.82, 2.24) is 15.2 Å². The fraction of sp³-hybridized carbons (Fsp3) is 0.625. The molecule has 0 bridgehead atoms. The normalized spacial score (nSPS) is 15.9. The van der Waals surface area contributed by atoms with Gasteiger partial charge in [0.2, 0.25) is 0 Å². The number of rotatable bonds is 13. The highest BCUT2D eigenvalue weighted by atomic mass is 32.6. The Hall–Kier alpha value is -2.52. The second kappa shape index (κ2) is 30.7. The van der Waals surface area contributed by atoms with Gasteiger partial charge in [0.15, 0.2) is 5.25 Å². The van der Waals surface area contributed by atoms with Gasteiger partial charge in [0.05, 0.1) is 24.3 Å². The van der Waals surface area contributed by atoms with Crippen LogP contribution in [0.25, 0.3) is 0 Å². The average Bonchev–Trinajstić information content (AvgIpc) is 3.68. The Morgan fingerprint density at radius 2 is 1.22 bits per heavy atom. The maximum atomic E-state index is 11.6. The average molecular weight is 874 g/mol. The van der Waals surface area contributed by atoms with Crippen molar-refractivity contribution < 1.29 is 56.3 Å². The molecule has 3 amide bonds. The molecule has 3 heterocycles. The maximum Gasteiger partial charge on any atom is 0.456 e. The van der Waals surface area contributed by atoms with Crippen LogP contribution in [0.4, 0.5) is 0 Å². The number of nitrogens with zero attached hydrogens (tertiary/aromatic N) is 3. The molecule has 3 rings (SSSR count). The summed E-state index contributed by atoms with van der Waals surface area (Å²) < 4.78 is 37.2. The van der Waals surface area contributed by atoms with Crippen molar-refractivity contribution in [1.29, 1.82) is 1.28 Å². The Morgan fingerprint density at radius 3 is 1.50 bits per heavy atom. The quantitative estimate of drug-likeness (QED) is 0.120. The summed E-state index contributed by atoms with van der Waals surface area (Å²) in [6, 6.07) is 0. The number of unbranched alkanes of at least 4 members (excludes halogenated alkanes) is 1. The predicted molar refractivity (Wildman–Crippen MR) is 220 cm³/mol. The van der Waals surface area contributed by atoms with E-state index in [9.17, 15) is 37.2 Å². The van der Waals surface area contributed by atoms with E-state index in [-0.39, 0.29) is 44.0 Å². The molecule has 1 N–H and O–H groups in total. The fourth-order valence-corrected chi connectivity index (χ4v) is 4.88. The highest BCUT2D eigenvalue weighted by Crippen LogP contribution is 2.24. The summed E-state index contributed by atoms with van der Waals surface area (Å²) >= 11 is 8.46. The smallest absolute Gasteiger partial charge is 0.334 e. The predicted octanol–water partition coefficient (Wildman–Crippen LogP) is 6.46. The van der Waals surface area contributed by atoms with Gasteiger partial charge in [-0.15, -0.1) is 15.2 Å². The molecule has 22 heteroatoms. The third-order valence-corrected chi connectivity index (χ3v) is 7.97. The minimum absolute atomic E-state index is 0. The third-order valence-electron chi connectivity index (χ3n) is 6.82. The Labute approximate surface area is 338 Å². The lowest BCUT2D eigenvalue weighted by molar-refractivity contribution is -0.186. The summed E-state index contributed by atoms with van der Waals surface area (Å²) in [6.45, 7) is 18.6. The van der Waals surface area contributed by atoms with Gasteiger partial charge >= 0.3 is 26.8 Å². The van der Waals surface area contributed by atoms with Crippen molar-refractivity contribution in [3.05, 3.63) is 36.8 Å². The second-order valence-corrected chi connectivity index (χ2v) is 16.8. The monoisotopic (exact) mass is 873 g/mol. The van der Waals surface area contributed by atoms with Crippen LogP contribution in [-0.4, -0.2) is 77.9 Å². The molecule has 0 spiro atoms. The lowest BCUT2D eigenvalue weighted by Gasteiger charge is -2.18. The molecule has 3 unspecified atom stereocenters. The van der Waals surface area contributed by atoms with Crippen molar-refractivity contribution in [2.45, 2.75) is 124 Å². The molecule has 0 aromatic carbocycles. The van der Waals surface area contributed by atoms with Gasteiger partial charge in [0, 0.05) is 32.1 Å². The summed E-state index contributed by atoms with van der Waals surface area (Å²) in [7, 11) is 2.11. The first-order valence-electron chi connectivity index (χ1n) is 16.9. The summed E-state index contributed by atoms with van der Waals surface area (Å²) in [6.07, 6.45) is 5.94. The second-order valence-electron chi connectivity index (χ2n) is 11.6. The molecule has 3 fully saturated rings. The van der Waals surface area contributed by atoms with Gasteiger partial charge in [0.1, 0.15) is 11.8 Å². The van der Waals surface area contributed by atoms with Crippen LogP contribution in [0, 0.1) is 5.92 Å². The van der Waals surface area contributed by atoms with Gasteiger partial charge in [-0.05, 0) is 51.5 Å². The number of hydroxylamine groups is 6. The molecule has 304 valence electrons. The first kappa shape index (κ1) is 53.6. The highest BCUT2D eigenvalue weighted by Gasteiger charge is 2.36. The molecule has 0 aromatic rings. The van der Waals surface area contributed by atoms with Crippen molar-refractivity contribution in [3.63, 3.8) is 0 Å². The molecule has 3 saturated heterocycles. The topological polar surface area (TPSA) is 194 Å². The van der Waals surface area contributed by atoms with E-state index in [4.69, 9.17) is 15.5 Å². The van der Waals surface area contributed by atoms with E-state index in [1.807, 2.05) is 20.8 Å². The fourth-order valence-electron chi connectivity index (χ4n) is 4.06. The Bertz CT molecular complexity index is 1450. The van der Waals surface area contributed by atoms with E-state index in [0.717, 1.165) is 36.4 Å². The molecular weight excluding hydrogens is 818 g/mol. The Kier molecular flexibility index (Phi) is 30.4. The van der Waals surface area contributed by atoms with Crippen LogP contribution in [-0.2, 0) is 77.0 Å². The molecule has 3 aliphatic heterocycles. The van der Waals surface area contributed by atoms with Gasteiger partial charge in [-0.1, -0.05) is 88.4 Å². The zero-order valence-corrected chi connectivity index (χ0v) is 35.9. The van der Waals surface area contributed by atoms with E-state index < -0.39 is 34.4 Å². The van der Waals surface area contributed by atoms with Gasteiger partial charge < -0.3 is 14.5 Å². The number of hydrogen-bond donors (Lipinski definition) is 1. The van der Waals surface area contributed by atoms with Gasteiger partial charge in [-0.2, -0.15) is 8.42 Å². The van der Waals surface area contributed by atoms with Gasteiger partial charge in [-0.3, -0.25) is 18.9 Å². The van der Waals surface area contributed by atoms with Crippen LogP contribution in [0.1, 0.15) is 119 Å². The maximum absolute atomic E-state index is 11.6. The first-order valence-corrected chi connectivity index (χ1v) is 23.4. The summed E-state index contributed by atoms with van der Waals surface area (Å²) in [5.41, 5.74) is 1.43. The van der Waals surface area contributed by atoms with E-state index in [2.05, 4.69) is 64.7 Å². The lowest BCUT2D eigenvalue weighted by Crippen LogP contribution is -2.37. The number of allylic oxidation sites excluding steroid dienone is 3. The lowest BCUT2D eigenvalue weighted by atomic mass is 10.1. The van der Waals surface area contributed by atoms with E-state index >= 15 is 0 Å². The van der Waals surface area contributed by atoms with Crippen molar-refractivity contribution >= 4 is 100 Å². The van der Waals surface area contributed by atoms with E-state index in [0.29, 0.717) is 79.4 Å².